The molecule has 0 aliphatic carbocycles. The van der Waals surface area contributed by atoms with E-state index in [0.29, 0.717) is 13.4 Å². The van der Waals surface area contributed by atoms with Gasteiger partial charge in [0.2, 0.25) is 0 Å². The summed E-state index contributed by atoms with van der Waals surface area (Å²) in [6.07, 6.45) is 0.205. The van der Waals surface area contributed by atoms with E-state index in [9.17, 15) is 4.79 Å². The summed E-state index contributed by atoms with van der Waals surface area (Å²) in [5.74, 6) is -0.148. The second-order valence-electron chi connectivity index (χ2n) is 2.41. The van der Waals surface area contributed by atoms with Crippen LogP contribution in [0.4, 0.5) is 0 Å². The van der Waals surface area contributed by atoms with Crippen molar-refractivity contribution in [1.82, 2.24) is 0 Å². The number of rotatable bonds is 3. The second kappa shape index (κ2) is 5.06. The van der Waals surface area contributed by atoms with Crippen molar-refractivity contribution >= 4 is 5.97 Å². The Balaban J connectivity index is 1.98. The molecule has 0 spiro atoms. The van der Waals surface area contributed by atoms with Crippen molar-refractivity contribution in [2.24, 2.45) is 0 Å². The van der Waals surface area contributed by atoms with Crippen LogP contribution in [0.15, 0.2) is 0 Å². The Kier molecular flexibility index (Phi) is 4.33. The average Bonchev–Trinajstić information content (AvgIpc) is 2.39. The van der Waals surface area contributed by atoms with Crippen LogP contribution in [0.25, 0.3) is 0 Å². The molecule has 11 heavy (non-hydrogen) atoms. The Morgan fingerprint density at radius 2 is 2.64 bits per heavy atom. The van der Waals surface area contributed by atoms with E-state index in [1.54, 1.807) is 0 Å². The zero-order chi connectivity index (χ0) is 8.10. The Morgan fingerprint density at radius 3 is 3.18 bits per heavy atom. The third-order valence-corrected chi connectivity index (χ3v) is 7.23. The van der Waals surface area contributed by atoms with Crippen LogP contribution in [0.5, 0.6) is 0 Å². The Labute approximate surface area is 78.3 Å². The first-order chi connectivity index (χ1) is 5.29. The van der Waals surface area contributed by atoms with Gasteiger partial charge < -0.3 is 0 Å². The Morgan fingerprint density at radius 1 is 1.82 bits per heavy atom. The first-order valence-electron chi connectivity index (χ1n) is 3.62. The third kappa shape index (κ3) is 4.03. The van der Waals surface area contributed by atoms with Gasteiger partial charge in [0, 0.05) is 0 Å². The van der Waals surface area contributed by atoms with Gasteiger partial charge in [-0.05, 0) is 0 Å². The summed E-state index contributed by atoms with van der Waals surface area (Å²) in [5.41, 5.74) is 0. The molecule has 5 heteroatoms. The number of carbonyl (C=O) groups is 1. The molecule has 4 nitrogen and oxygen atoms in total. The quantitative estimate of drug-likeness (QED) is 0.691. The molecule has 0 aromatic carbocycles. The van der Waals surface area contributed by atoms with E-state index >= 15 is 0 Å². The van der Waals surface area contributed by atoms with E-state index in [1.165, 1.54) is 6.92 Å². The van der Waals surface area contributed by atoms with E-state index in [-0.39, 0.29) is 12.1 Å². The monoisotopic (exact) mass is 348 g/mol. The van der Waals surface area contributed by atoms with Crippen LogP contribution in [-0.4, -0.2) is 25.5 Å². The molecule has 1 heterocycles. The normalized spacial score (nSPS) is 22.8. The van der Waals surface area contributed by atoms with Crippen molar-refractivity contribution in [3.8, 4) is 0 Å². The molecular formula is C6H10HgO4. The van der Waals surface area contributed by atoms with Crippen LogP contribution >= 0.6 is 0 Å². The number of hydrogen-bond donors (Lipinski definition) is 0. The molecule has 0 bridgehead atoms. The summed E-state index contributed by atoms with van der Waals surface area (Å²) in [4.78, 5) is 10.4. The van der Waals surface area contributed by atoms with E-state index < -0.39 is 25.0 Å². The molecular weight excluding hydrogens is 337 g/mol. The number of ether oxygens (including phenoxy) is 2. The summed E-state index contributed by atoms with van der Waals surface area (Å²) in [7, 11) is 0. The molecule has 1 unspecified atom stereocenters. The first kappa shape index (κ1) is 9.41. The van der Waals surface area contributed by atoms with Gasteiger partial charge in [-0.3, -0.25) is 0 Å². The van der Waals surface area contributed by atoms with Gasteiger partial charge in [0.15, 0.2) is 0 Å². The van der Waals surface area contributed by atoms with Gasteiger partial charge >= 0.3 is 78.3 Å². The molecule has 1 rings (SSSR count). The maximum absolute atomic E-state index is 10.4. The fourth-order valence-corrected chi connectivity index (χ4v) is 4.77. The molecule has 0 radical (unpaired) electrons. The van der Waals surface area contributed by atoms with Crippen LogP contribution in [-0.2, 0) is 41.9 Å². The molecule has 1 aliphatic heterocycles. The molecule has 1 aliphatic rings. The van der Waals surface area contributed by atoms with E-state index in [1.807, 2.05) is 0 Å². The number of hydrogen-bond acceptors (Lipinski definition) is 4. The van der Waals surface area contributed by atoms with Crippen LogP contribution < -0.4 is 0 Å². The zero-order valence-corrected chi connectivity index (χ0v) is 12.0. The van der Waals surface area contributed by atoms with Gasteiger partial charge in [-0.1, -0.05) is 0 Å². The summed E-state index contributed by atoms with van der Waals surface area (Å²) in [6.45, 7) is 2.52. The molecule has 1 atom stereocenters. The fraction of sp³-hybridized carbons (Fsp3) is 0.833. The summed E-state index contributed by atoms with van der Waals surface area (Å²) in [6, 6.07) is 0. The van der Waals surface area contributed by atoms with Gasteiger partial charge in [-0.2, -0.15) is 0 Å². The molecule has 1 fully saturated rings. The maximum atomic E-state index is 10.4. The molecule has 1 saturated heterocycles. The van der Waals surface area contributed by atoms with E-state index in [4.69, 9.17) is 12.1 Å². The van der Waals surface area contributed by atoms with E-state index in [2.05, 4.69) is 0 Å². The van der Waals surface area contributed by atoms with Gasteiger partial charge in [0.05, 0.1) is 0 Å². The predicted octanol–water partition coefficient (Wildman–Crippen LogP) is 0.338. The molecule has 0 aromatic rings. The molecule has 0 N–H and O–H groups in total. The van der Waals surface area contributed by atoms with Crippen molar-refractivity contribution in [3.05, 3.63) is 0 Å². The van der Waals surface area contributed by atoms with Crippen molar-refractivity contribution in [2.75, 3.05) is 13.4 Å². The first-order valence-corrected chi connectivity index (χ1v) is 9.75. The summed E-state index contributed by atoms with van der Waals surface area (Å²) in [5, 5.41) is 0. The predicted molar refractivity (Wildman–Crippen MR) is 32.3 cm³/mol. The van der Waals surface area contributed by atoms with Gasteiger partial charge in [-0.15, -0.1) is 0 Å². The van der Waals surface area contributed by atoms with Crippen molar-refractivity contribution in [3.63, 3.8) is 0 Å². The van der Waals surface area contributed by atoms with Gasteiger partial charge in [0.1, 0.15) is 0 Å². The van der Waals surface area contributed by atoms with Gasteiger partial charge in [0.25, 0.3) is 0 Å². The van der Waals surface area contributed by atoms with E-state index in [0.717, 1.165) is 3.93 Å². The van der Waals surface area contributed by atoms with Gasteiger partial charge in [-0.25, -0.2) is 0 Å². The van der Waals surface area contributed by atoms with Crippen LogP contribution in [0.3, 0.4) is 0 Å². The minimum absolute atomic E-state index is 0.148. The SMILES string of the molecule is CC(=O)[O][Hg][CH2]C1COCO1. The minimum atomic E-state index is -1.40. The average molecular weight is 347 g/mol. The molecule has 0 saturated carbocycles. The third-order valence-electron chi connectivity index (χ3n) is 1.44. The molecule has 0 amide bonds. The van der Waals surface area contributed by atoms with Crippen molar-refractivity contribution in [2.45, 2.75) is 17.0 Å². The zero-order valence-electron chi connectivity index (χ0n) is 6.54. The van der Waals surface area contributed by atoms with Crippen LogP contribution in [0.1, 0.15) is 6.92 Å². The summed E-state index contributed by atoms with van der Waals surface area (Å²) >= 11 is -1.40. The topological polar surface area (TPSA) is 44.8 Å². The van der Waals surface area contributed by atoms with Crippen LogP contribution in [0.2, 0.25) is 3.93 Å². The standard InChI is InChI=1S/C4H7O2.C2H4O2.Hg/c1-4-2-5-3-6-4;1-2(3)4;/h4H,1-3H2;1H3,(H,3,4);/q;;+1/p-1. The Bertz CT molecular complexity index is 133. The summed E-state index contributed by atoms with van der Waals surface area (Å²) < 4.78 is 16.1. The van der Waals surface area contributed by atoms with Crippen molar-refractivity contribution < 1.29 is 41.9 Å². The Hall–Kier alpha value is 0.325. The second-order valence-corrected chi connectivity index (χ2v) is 7.36. The van der Waals surface area contributed by atoms with Crippen LogP contribution in [0, 0.1) is 0 Å². The fourth-order valence-electron chi connectivity index (χ4n) is 0.873. The molecule has 0 aromatic heterocycles. The molecule has 60 valence electrons. The number of carbonyl (C=O) groups excluding carboxylic acids is 1. The van der Waals surface area contributed by atoms with Crippen molar-refractivity contribution in [1.29, 1.82) is 0 Å².